The second kappa shape index (κ2) is 6.59. The van der Waals surface area contributed by atoms with Gasteiger partial charge in [0.15, 0.2) is 11.5 Å². The number of rotatable bonds is 5. The maximum absolute atomic E-state index is 6.22. The van der Waals surface area contributed by atoms with Crippen LogP contribution in [-0.4, -0.2) is 12.1 Å². The summed E-state index contributed by atoms with van der Waals surface area (Å²) in [4.78, 5) is 4.35. The molecule has 2 rings (SSSR count). The van der Waals surface area contributed by atoms with E-state index in [1.807, 2.05) is 24.4 Å². The van der Waals surface area contributed by atoms with Gasteiger partial charge in [0.2, 0.25) is 0 Å². The second-order valence-electron chi connectivity index (χ2n) is 3.89. The van der Waals surface area contributed by atoms with Crippen molar-refractivity contribution in [2.75, 3.05) is 7.11 Å². The van der Waals surface area contributed by atoms with Gasteiger partial charge in [-0.15, -0.1) is 11.3 Å². The first-order chi connectivity index (χ1) is 9.13. The number of ether oxygens (including phenoxy) is 2. The summed E-state index contributed by atoms with van der Waals surface area (Å²) in [6, 6.07) is 3.77. The molecule has 1 aromatic carbocycles. The van der Waals surface area contributed by atoms with Crippen molar-refractivity contribution < 1.29 is 9.47 Å². The number of hydrogen-bond acceptors (Lipinski definition) is 4. The molecule has 102 valence electrons. The molecular weight excluding hydrogens is 350 g/mol. The van der Waals surface area contributed by atoms with Gasteiger partial charge in [0, 0.05) is 10.7 Å². The normalized spacial score (nSPS) is 10.5. The van der Waals surface area contributed by atoms with E-state index < -0.39 is 0 Å². The van der Waals surface area contributed by atoms with Crippen LogP contribution < -0.4 is 9.47 Å². The standard InChI is InChI=1S/C13H13BrClNO2S/c1-8-16-10(7-19-8)6-18-13-11(15)3-9(5-14)4-12(13)17-2/h3-4,7H,5-6H2,1-2H3. The van der Waals surface area contributed by atoms with E-state index in [2.05, 4.69) is 20.9 Å². The maximum Gasteiger partial charge on any atom is 0.180 e. The minimum absolute atomic E-state index is 0.383. The van der Waals surface area contributed by atoms with Gasteiger partial charge in [-0.3, -0.25) is 0 Å². The fraction of sp³-hybridized carbons (Fsp3) is 0.308. The van der Waals surface area contributed by atoms with Crippen LogP contribution in [0.15, 0.2) is 17.5 Å². The molecule has 0 saturated carbocycles. The molecule has 0 aliphatic carbocycles. The average Bonchev–Trinajstić information content (AvgIpc) is 2.82. The van der Waals surface area contributed by atoms with Gasteiger partial charge < -0.3 is 9.47 Å². The van der Waals surface area contributed by atoms with Crippen LogP contribution in [0.3, 0.4) is 0 Å². The van der Waals surface area contributed by atoms with Crippen LogP contribution in [0.5, 0.6) is 11.5 Å². The van der Waals surface area contributed by atoms with E-state index in [0.717, 1.165) is 16.3 Å². The highest BCUT2D eigenvalue weighted by Crippen LogP contribution is 2.37. The van der Waals surface area contributed by atoms with Crippen molar-refractivity contribution in [3.63, 3.8) is 0 Å². The first kappa shape index (κ1) is 14.6. The summed E-state index contributed by atoms with van der Waals surface area (Å²) in [6.07, 6.45) is 0. The third kappa shape index (κ3) is 3.61. The highest BCUT2D eigenvalue weighted by atomic mass is 79.9. The molecule has 1 heterocycles. The number of nitrogens with zero attached hydrogens (tertiary/aromatic N) is 1. The molecule has 0 aliphatic rings. The van der Waals surface area contributed by atoms with Crippen molar-refractivity contribution in [3.05, 3.63) is 38.8 Å². The van der Waals surface area contributed by atoms with Crippen LogP contribution in [0.1, 0.15) is 16.3 Å². The summed E-state index contributed by atoms with van der Waals surface area (Å²) in [5, 5.41) is 4.25. The van der Waals surface area contributed by atoms with Gasteiger partial charge in [0.1, 0.15) is 6.61 Å². The number of aromatic nitrogens is 1. The molecule has 0 amide bonds. The summed E-state index contributed by atoms with van der Waals surface area (Å²) >= 11 is 11.2. The van der Waals surface area contributed by atoms with E-state index in [1.165, 1.54) is 0 Å². The van der Waals surface area contributed by atoms with Crippen molar-refractivity contribution in [2.45, 2.75) is 18.9 Å². The third-order valence-electron chi connectivity index (χ3n) is 2.47. The number of alkyl halides is 1. The van der Waals surface area contributed by atoms with E-state index >= 15 is 0 Å². The van der Waals surface area contributed by atoms with Gasteiger partial charge in [-0.25, -0.2) is 4.98 Å². The fourth-order valence-electron chi connectivity index (χ4n) is 1.61. The van der Waals surface area contributed by atoms with Crippen LogP contribution in [0.25, 0.3) is 0 Å². The Hall–Kier alpha value is -0.780. The Bertz CT molecular complexity index is 574. The molecule has 6 heteroatoms. The van der Waals surface area contributed by atoms with Gasteiger partial charge in [-0.05, 0) is 24.6 Å². The molecule has 0 fully saturated rings. The fourth-order valence-corrected chi connectivity index (χ4v) is 2.82. The predicted octanol–water partition coefficient (Wildman–Crippen LogP) is 4.59. The first-order valence-electron chi connectivity index (χ1n) is 5.60. The monoisotopic (exact) mass is 361 g/mol. The smallest absolute Gasteiger partial charge is 0.180 e. The lowest BCUT2D eigenvalue weighted by atomic mass is 10.2. The summed E-state index contributed by atoms with van der Waals surface area (Å²) < 4.78 is 11.0. The average molecular weight is 363 g/mol. The first-order valence-corrected chi connectivity index (χ1v) is 7.98. The molecule has 0 saturated heterocycles. The van der Waals surface area contributed by atoms with Gasteiger partial charge in [0.05, 0.1) is 22.8 Å². The number of hydrogen-bond donors (Lipinski definition) is 0. The zero-order valence-electron chi connectivity index (χ0n) is 10.6. The highest BCUT2D eigenvalue weighted by molar-refractivity contribution is 9.08. The Kier molecular flexibility index (Phi) is 5.07. The molecule has 0 radical (unpaired) electrons. The van der Waals surface area contributed by atoms with Gasteiger partial charge in [-0.1, -0.05) is 27.5 Å². The molecule has 19 heavy (non-hydrogen) atoms. The van der Waals surface area contributed by atoms with Crippen molar-refractivity contribution >= 4 is 38.9 Å². The summed E-state index contributed by atoms with van der Waals surface area (Å²) in [5.74, 6) is 1.19. The zero-order chi connectivity index (χ0) is 13.8. The van der Waals surface area contributed by atoms with Crippen molar-refractivity contribution in [2.24, 2.45) is 0 Å². The molecular formula is C13H13BrClNO2S. The van der Waals surface area contributed by atoms with Crippen molar-refractivity contribution in [1.82, 2.24) is 4.98 Å². The lowest BCUT2D eigenvalue weighted by molar-refractivity contribution is 0.281. The van der Waals surface area contributed by atoms with Crippen molar-refractivity contribution in [3.8, 4) is 11.5 Å². The Labute approximate surface area is 129 Å². The number of benzene rings is 1. The number of halogens is 2. The summed E-state index contributed by atoms with van der Waals surface area (Å²) in [5.41, 5.74) is 1.93. The minimum atomic E-state index is 0.383. The van der Waals surface area contributed by atoms with Gasteiger partial charge in [-0.2, -0.15) is 0 Å². The van der Waals surface area contributed by atoms with E-state index in [0.29, 0.717) is 28.5 Å². The molecule has 0 bridgehead atoms. The SMILES string of the molecule is COc1cc(CBr)cc(Cl)c1OCc1csc(C)n1. The summed E-state index contributed by atoms with van der Waals surface area (Å²) in [7, 11) is 1.60. The zero-order valence-corrected chi connectivity index (χ0v) is 13.7. The van der Waals surface area contributed by atoms with E-state index in [1.54, 1.807) is 18.4 Å². The highest BCUT2D eigenvalue weighted by Gasteiger charge is 2.12. The van der Waals surface area contributed by atoms with E-state index in [9.17, 15) is 0 Å². The van der Waals surface area contributed by atoms with Crippen LogP contribution in [-0.2, 0) is 11.9 Å². The van der Waals surface area contributed by atoms with Crippen LogP contribution in [0, 0.1) is 6.92 Å². The van der Waals surface area contributed by atoms with Gasteiger partial charge in [0.25, 0.3) is 0 Å². The quantitative estimate of drug-likeness (QED) is 0.729. The van der Waals surface area contributed by atoms with Crippen molar-refractivity contribution in [1.29, 1.82) is 0 Å². The Morgan fingerprint density at radius 2 is 2.21 bits per heavy atom. The van der Waals surface area contributed by atoms with Crippen LogP contribution in [0.4, 0.5) is 0 Å². The molecule has 2 aromatic rings. The molecule has 3 nitrogen and oxygen atoms in total. The topological polar surface area (TPSA) is 31.4 Å². The molecule has 0 atom stereocenters. The van der Waals surface area contributed by atoms with E-state index in [-0.39, 0.29) is 0 Å². The number of aryl methyl sites for hydroxylation is 1. The molecule has 0 unspecified atom stereocenters. The molecule has 0 spiro atoms. The second-order valence-corrected chi connectivity index (χ2v) is 5.92. The lowest BCUT2D eigenvalue weighted by Crippen LogP contribution is -1.99. The minimum Gasteiger partial charge on any atom is -0.493 e. The largest absolute Gasteiger partial charge is 0.493 e. The maximum atomic E-state index is 6.22. The summed E-state index contributed by atoms with van der Waals surface area (Å²) in [6.45, 7) is 2.35. The molecule has 0 aliphatic heterocycles. The Balaban J connectivity index is 2.19. The predicted molar refractivity (Wildman–Crippen MR) is 81.8 cm³/mol. The number of methoxy groups -OCH3 is 1. The van der Waals surface area contributed by atoms with E-state index in [4.69, 9.17) is 21.1 Å². The van der Waals surface area contributed by atoms with Crippen LogP contribution >= 0.6 is 38.9 Å². The Morgan fingerprint density at radius 1 is 1.42 bits per heavy atom. The Morgan fingerprint density at radius 3 is 2.79 bits per heavy atom. The number of thiazole rings is 1. The third-order valence-corrected chi connectivity index (χ3v) is 4.23. The van der Waals surface area contributed by atoms with Crippen LogP contribution in [0.2, 0.25) is 5.02 Å². The van der Waals surface area contributed by atoms with Gasteiger partial charge >= 0.3 is 0 Å². The molecule has 0 N–H and O–H groups in total. The molecule has 1 aromatic heterocycles. The lowest BCUT2D eigenvalue weighted by Gasteiger charge is -2.12.